The Morgan fingerprint density at radius 2 is 2.54 bits per heavy atom. The van der Waals surface area contributed by atoms with Crippen LogP contribution in [0.25, 0.3) is 0 Å². The molecule has 0 fully saturated rings. The van der Waals surface area contributed by atoms with E-state index in [1.165, 1.54) is 11.3 Å². The molecule has 1 heterocycles. The number of nitrogens with two attached hydrogens (primary N) is 1. The molecular formula is C9H12N2OS. The van der Waals surface area contributed by atoms with Gasteiger partial charge in [0.05, 0.1) is 5.69 Å². The number of rotatable bonds is 5. The lowest BCUT2D eigenvalue weighted by Gasteiger charge is -1.94. The summed E-state index contributed by atoms with van der Waals surface area (Å²) in [5.74, 6) is 0.185. The lowest BCUT2D eigenvalue weighted by atomic mass is 10.1. The van der Waals surface area contributed by atoms with E-state index in [1.54, 1.807) is 6.08 Å². The van der Waals surface area contributed by atoms with E-state index >= 15 is 0 Å². The predicted octanol–water partition coefficient (Wildman–Crippen LogP) is 1.80. The van der Waals surface area contributed by atoms with Gasteiger partial charge in [0.1, 0.15) is 5.78 Å². The van der Waals surface area contributed by atoms with Crippen LogP contribution in [0.3, 0.4) is 0 Å². The van der Waals surface area contributed by atoms with Gasteiger partial charge in [-0.05, 0) is 6.42 Å². The molecule has 1 aromatic heterocycles. The highest BCUT2D eigenvalue weighted by molar-refractivity contribution is 7.13. The minimum absolute atomic E-state index is 0.185. The quantitative estimate of drug-likeness (QED) is 0.730. The highest BCUT2D eigenvalue weighted by Gasteiger charge is 2.05. The van der Waals surface area contributed by atoms with Crippen LogP contribution in [0.2, 0.25) is 0 Å². The predicted molar refractivity (Wildman–Crippen MR) is 54.7 cm³/mol. The summed E-state index contributed by atoms with van der Waals surface area (Å²) in [5, 5.41) is 2.34. The molecule has 0 bridgehead atoms. The van der Waals surface area contributed by atoms with Crippen LogP contribution in [0.4, 0.5) is 5.13 Å². The number of nitrogen functional groups attached to an aromatic ring is 1. The van der Waals surface area contributed by atoms with E-state index in [0.29, 0.717) is 18.0 Å². The first-order valence-electron chi connectivity index (χ1n) is 4.05. The van der Waals surface area contributed by atoms with E-state index in [-0.39, 0.29) is 5.78 Å². The fourth-order valence-corrected chi connectivity index (χ4v) is 1.52. The number of hydrogen-bond acceptors (Lipinski definition) is 4. The van der Waals surface area contributed by atoms with Crippen molar-refractivity contribution in [2.75, 3.05) is 5.73 Å². The third-order valence-corrected chi connectivity index (χ3v) is 2.30. The maximum absolute atomic E-state index is 11.3. The fraction of sp³-hybridized carbons (Fsp3) is 0.333. The van der Waals surface area contributed by atoms with Crippen molar-refractivity contribution in [3.63, 3.8) is 0 Å². The number of carbonyl (C=O) groups is 1. The third kappa shape index (κ3) is 3.38. The number of nitrogens with zero attached hydrogens (tertiary/aromatic N) is 1. The molecule has 0 atom stereocenters. The highest BCUT2D eigenvalue weighted by Crippen LogP contribution is 2.12. The average molecular weight is 196 g/mol. The zero-order chi connectivity index (χ0) is 9.68. The second-order valence-electron chi connectivity index (χ2n) is 2.72. The van der Waals surface area contributed by atoms with Crippen LogP contribution in [0.5, 0.6) is 0 Å². The first-order chi connectivity index (χ1) is 6.22. The molecule has 70 valence electrons. The van der Waals surface area contributed by atoms with Crippen molar-refractivity contribution in [1.82, 2.24) is 4.98 Å². The summed E-state index contributed by atoms with van der Waals surface area (Å²) >= 11 is 1.36. The molecule has 13 heavy (non-hydrogen) atoms. The van der Waals surface area contributed by atoms with Crippen LogP contribution in [-0.2, 0) is 11.2 Å². The molecule has 0 saturated carbocycles. The smallest absolute Gasteiger partial charge is 0.180 e. The van der Waals surface area contributed by atoms with Gasteiger partial charge in [0, 0.05) is 18.2 Å². The van der Waals surface area contributed by atoms with E-state index in [1.807, 2.05) is 5.38 Å². The van der Waals surface area contributed by atoms with Gasteiger partial charge in [-0.2, -0.15) is 0 Å². The molecule has 1 rings (SSSR count). The summed E-state index contributed by atoms with van der Waals surface area (Å²) in [6.07, 6.45) is 3.41. The van der Waals surface area contributed by atoms with Crippen LogP contribution >= 0.6 is 11.3 Å². The van der Waals surface area contributed by atoms with Crippen LogP contribution in [-0.4, -0.2) is 10.8 Å². The molecule has 0 saturated heterocycles. The molecule has 4 heteroatoms. The summed E-state index contributed by atoms with van der Waals surface area (Å²) in [5.41, 5.74) is 6.21. The Bertz CT molecular complexity index is 306. The Balaban J connectivity index is 2.40. The van der Waals surface area contributed by atoms with Gasteiger partial charge in [-0.25, -0.2) is 4.98 Å². The monoisotopic (exact) mass is 196 g/mol. The number of ketones is 1. The maximum atomic E-state index is 11.3. The minimum Gasteiger partial charge on any atom is -0.375 e. The summed E-state index contributed by atoms with van der Waals surface area (Å²) in [6, 6.07) is 0. The van der Waals surface area contributed by atoms with Crippen molar-refractivity contribution in [3.05, 3.63) is 23.7 Å². The molecule has 3 nitrogen and oxygen atoms in total. The van der Waals surface area contributed by atoms with Gasteiger partial charge >= 0.3 is 0 Å². The Morgan fingerprint density at radius 1 is 1.77 bits per heavy atom. The molecule has 0 aromatic carbocycles. The van der Waals surface area contributed by atoms with Crippen molar-refractivity contribution < 1.29 is 4.79 Å². The molecular weight excluding hydrogens is 184 g/mol. The van der Waals surface area contributed by atoms with E-state index < -0.39 is 0 Å². The topological polar surface area (TPSA) is 56.0 Å². The van der Waals surface area contributed by atoms with Crippen LogP contribution in [0.15, 0.2) is 18.0 Å². The number of aromatic nitrogens is 1. The van der Waals surface area contributed by atoms with Gasteiger partial charge in [0.2, 0.25) is 0 Å². The summed E-state index contributed by atoms with van der Waals surface area (Å²) in [7, 11) is 0. The molecule has 0 aliphatic rings. The van der Waals surface area contributed by atoms with Gasteiger partial charge in [0.25, 0.3) is 0 Å². The molecule has 0 radical (unpaired) electrons. The number of hydrogen-bond donors (Lipinski definition) is 1. The van der Waals surface area contributed by atoms with Gasteiger partial charge in [0.15, 0.2) is 5.13 Å². The van der Waals surface area contributed by atoms with Crippen molar-refractivity contribution in [3.8, 4) is 0 Å². The Hall–Kier alpha value is -1.16. The van der Waals surface area contributed by atoms with E-state index in [4.69, 9.17) is 5.73 Å². The van der Waals surface area contributed by atoms with E-state index in [2.05, 4.69) is 11.6 Å². The first kappa shape index (κ1) is 9.92. The third-order valence-electron chi connectivity index (χ3n) is 1.58. The highest BCUT2D eigenvalue weighted by atomic mass is 32.1. The number of thiazole rings is 1. The minimum atomic E-state index is 0.185. The lowest BCUT2D eigenvalue weighted by Crippen LogP contribution is -2.02. The molecule has 1 aromatic rings. The number of carbonyl (C=O) groups excluding carboxylic acids is 1. The lowest BCUT2D eigenvalue weighted by molar-refractivity contribution is -0.118. The normalized spacial score (nSPS) is 9.85. The van der Waals surface area contributed by atoms with E-state index in [9.17, 15) is 4.79 Å². The molecule has 0 aliphatic heterocycles. The van der Waals surface area contributed by atoms with Gasteiger partial charge in [-0.1, -0.05) is 6.08 Å². The Kier molecular flexibility index (Phi) is 3.64. The number of anilines is 1. The molecule has 0 aliphatic carbocycles. The molecule has 0 spiro atoms. The van der Waals surface area contributed by atoms with Crippen LogP contribution in [0, 0.1) is 0 Å². The zero-order valence-electron chi connectivity index (χ0n) is 7.32. The SMILES string of the molecule is C=CCCC(=O)Cc1csc(N)n1. The summed E-state index contributed by atoms with van der Waals surface area (Å²) in [4.78, 5) is 15.3. The fourth-order valence-electron chi connectivity index (χ4n) is 0.957. The van der Waals surface area contributed by atoms with Crippen LogP contribution in [0.1, 0.15) is 18.5 Å². The van der Waals surface area contributed by atoms with Crippen molar-refractivity contribution in [2.24, 2.45) is 0 Å². The van der Waals surface area contributed by atoms with Crippen LogP contribution < -0.4 is 5.73 Å². The van der Waals surface area contributed by atoms with Gasteiger partial charge in [-0.3, -0.25) is 4.79 Å². The van der Waals surface area contributed by atoms with Crippen molar-refractivity contribution in [1.29, 1.82) is 0 Å². The second kappa shape index (κ2) is 4.77. The van der Waals surface area contributed by atoms with E-state index in [0.717, 1.165) is 12.1 Å². The Labute approximate surface area is 81.3 Å². The van der Waals surface area contributed by atoms with Crippen molar-refractivity contribution >= 4 is 22.3 Å². The Morgan fingerprint density at radius 3 is 3.08 bits per heavy atom. The van der Waals surface area contributed by atoms with Gasteiger partial charge in [-0.15, -0.1) is 17.9 Å². The largest absolute Gasteiger partial charge is 0.375 e. The van der Waals surface area contributed by atoms with Gasteiger partial charge < -0.3 is 5.73 Å². The number of Topliss-reactive ketones (excluding diaryl/α,β-unsaturated/α-hetero) is 1. The standard InChI is InChI=1S/C9H12N2OS/c1-2-3-4-8(12)5-7-6-13-9(10)11-7/h2,6H,1,3-5H2,(H2,10,11). The van der Waals surface area contributed by atoms with Crippen molar-refractivity contribution in [2.45, 2.75) is 19.3 Å². The zero-order valence-corrected chi connectivity index (χ0v) is 8.14. The molecule has 2 N–H and O–H groups in total. The summed E-state index contributed by atoms with van der Waals surface area (Å²) in [6.45, 7) is 3.56. The number of allylic oxidation sites excluding steroid dienone is 1. The average Bonchev–Trinajstić information content (AvgIpc) is 2.48. The second-order valence-corrected chi connectivity index (χ2v) is 3.61. The summed E-state index contributed by atoms with van der Waals surface area (Å²) < 4.78 is 0. The molecule has 0 unspecified atom stereocenters. The maximum Gasteiger partial charge on any atom is 0.180 e. The first-order valence-corrected chi connectivity index (χ1v) is 4.93. The molecule has 0 amide bonds.